The molecule has 1 aromatic rings. The third-order valence-corrected chi connectivity index (χ3v) is 3.10. The minimum atomic E-state index is -0.461. The molecule has 0 heterocycles. The van der Waals surface area contributed by atoms with Crippen LogP contribution in [0.25, 0.3) is 0 Å². The second kappa shape index (κ2) is 5.86. The normalized spacial score (nSPS) is 12.6. The highest BCUT2D eigenvalue weighted by Crippen LogP contribution is 2.36. The molecule has 0 fully saturated rings. The second-order valence-electron chi connectivity index (χ2n) is 3.68. The summed E-state index contributed by atoms with van der Waals surface area (Å²) in [6, 6.07) is 3.28. The molecule has 0 aliphatic heterocycles. The third kappa shape index (κ3) is 3.21. The first-order valence-corrected chi connectivity index (χ1v) is 6.40. The summed E-state index contributed by atoms with van der Waals surface area (Å²) in [7, 11) is 0. The average Bonchev–Trinajstić information content (AvgIpc) is 2.25. The van der Waals surface area contributed by atoms with E-state index in [0.29, 0.717) is 18.2 Å². The Morgan fingerprint density at radius 2 is 1.94 bits per heavy atom. The van der Waals surface area contributed by atoms with Crippen molar-refractivity contribution >= 4 is 11.8 Å². The molecule has 0 bridgehead atoms. The summed E-state index contributed by atoms with van der Waals surface area (Å²) in [5.74, 6) is -0.0516. The smallest absolute Gasteiger partial charge is 0.200 e. The molecule has 1 atom stereocenters. The van der Waals surface area contributed by atoms with Crippen LogP contribution in [0.2, 0.25) is 0 Å². The molecule has 0 saturated heterocycles. The van der Waals surface area contributed by atoms with Gasteiger partial charge in [0.2, 0.25) is 5.75 Å². The van der Waals surface area contributed by atoms with Crippen molar-refractivity contribution in [1.82, 2.24) is 5.32 Å². The Labute approximate surface area is 99.3 Å². The van der Waals surface area contributed by atoms with Crippen molar-refractivity contribution in [2.45, 2.75) is 19.5 Å². The fourth-order valence-electron chi connectivity index (χ4n) is 1.35. The Morgan fingerprint density at radius 1 is 1.25 bits per heavy atom. The Bertz CT molecular complexity index is 357. The van der Waals surface area contributed by atoms with E-state index in [2.05, 4.69) is 5.32 Å². The van der Waals surface area contributed by atoms with Gasteiger partial charge in [-0.1, -0.05) is 6.07 Å². The first-order chi connectivity index (χ1) is 7.56. The van der Waals surface area contributed by atoms with Gasteiger partial charge in [-0.3, -0.25) is 0 Å². The number of phenolic OH excluding ortho intramolecular Hbond substituents is 3. The van der Waals surface area contributed by atoms with E-state index in [0.717, 1.165) is 5.75 Å². The van der Waals surface area contributed by atoms with Gasteiger partial charge in [0.1, 0.15) is 0 Å². The van der Waals surface area contributed by atoms with Gasteiger partial charge in [0, 0.05) is 23.9 Å². The van der Waals surface area contributed by atoms with Crippen molar-refractivity contribution in [3.05, 3.63) is 17.7 Å². The van der Waals surface area contributed by atoms with Crippen molar-refractivity contribution in [3.8, 4) is 17.2 Å². The van der Waals surface area contributed by atoms with Crippen molar-refractivity contribution in [2.24, 2.45) is 0 Å². The van der Waals surface area contributed by atoms with Crippen molar-refractivity contribution in [2.75, 3.05) is 12.0 Å². The summed E-state index contributed by atoms with van der Waals surface area (Å²) in [5, 5.41) is 31.3. The van der Waals surface area contributed by atoms with Crippen LogP contribution < -0.4 is 5.32 Å². The van der Waals surface area contributed by atoms with Crippen LogP contribution in [-0.2, 0) is 6.54 Å². The number of rotatable bonds is 5. The molecule has 0 aromatic heterocycles. The Kier molecular flexibility index (Phi) is 4.76. The minimum absolute atomic E-state index is 0.260. The van der Waals surface area contributed by atoms with E-state index < -0.39 is 5.75 Å². The van der Waals surface area contributed by atoms with Gasteiger partial charge in [-0.15, -0.1) is 0 Å². The van der Waals surface area contributed by atoms with E-state index in [1.807, 2.05) is 13.2 Å². The van der Waals surface area contributed by atoms with Gasteiger partial charge in [-0.05, 0) is 19.2 Å². The largest absolute Gasteiger partial charge is 0.504 e. The molecule has 0 aliphatic rings. The highest BCUT2D eigenvalue weighted by molar-refractivity contribution is 7.98. The van der Waals surface area contributed by atoms with Crippen LogP contribution in [0.1, 0.15) is 12.5 Å². The summed E-state index contributed by atoms with van der Waals surface area (Å²) in [4.78, 5) is 0. The third-order valence-electron chi connectivity index (χ3n) is 2.27. The lowest BCUT2D eigenvalue weighted by atomic mass is 10.1. The maximum absolute atomic E-state index is 9.57. The first kappa shape index (κ1) is 13.0. The SMILES string of the molecule is CSCC(C)NCc1ccc(O)c(O)c1O. The van der Waals surface area contributed by atoms with Crippen LogP contribution in [0.5, 0.6) is 17.2 Å². The Morgan fingerprint density at radius 3 is 2.56 bits per heavy atom. The van der Waals surface area contributed by atoms with Crippen LogP contribution in [0.4, 0.5) is 0 Å². The summed E-state index contributed by atoms with van der Waals surface area (Å²) in [6.07, 6.45) is 2.03. The molecule has 1 rings (SSSR count). The predicted octanol–water partition coefficient (Wildman–Crippen LogP) is 1.64. The summed E-state index contributed by atoms with van der Waals surface area (Å²) >= 11 is 1.74. The minimum Gasteiger partial charge on any atom is -0.504 e. The fourth-order valence-corrected chi connectivity index (χ4v) is 1.96. The van der Waals surface area contributed by atoms with E-state index in [-0.39, 0.29) is 11.5 Å². The first-order valence-electron chi connectivity index (χ1n) is 5.01. The van der Waals surface area contributed by atoms with E-state index in [1.165, 1.54) is 6.07 Å². The highest BCUT2D eigenvalue weighted by Gasteiger charge is 2.11. The van der Waals surface area contributed by atoms with E-state index in [9.17, 15) is 10.2 Å². The molecular formula is C11H17NO3S. The Balaban J connectivity index is 2.64. The van der Waals surface area contributed by atoms with Gasteiger partial charge >= 0.3 is 0 Å². The topological polar surface area (TPSA) is 72.7 Å². The summed E-state index contributed by atoms with van der Waals surface area (Å²) < 4.78 is 0. The zero-order valence-corrected chi connectivity index (χ0v) is 10.2. The molecule has 0 amide bonds. The molecule has 0 aliphatic carbocycles. The highest BCUT2D eigenvalue weighted by atomic mass is 32.2. The molecule has 5 heteroatoms. The van der Waals surface area contributed by atoms with E-state index in [1.54, 1.807) is 17.8 Å². The zero-order valence-electron chi connectivity index (χ0n) is 9.40. The number of thioether (sulfide) groups is 1. The van der Waals surface area contributed by atoms with Gasteiger partial charge in [-0.2, -0.15) is 11.8 Å². The van der Waals surface area contributed by atoms with Gasteiger partial charge in [0.25, 0.3) is 0 Å². The predicted molar refractivity (Wildman–Crippen MR) is 66.1 cm³/mol. The Hall–Kier alpha value is -1.07. The molecular weight excluding hydrogens is 226 g/mol. The second-order valence-corrected chi connectivity index (χ2v) is 4.59. The maximum atomic E-state index is 9.57. The van der Waals surface area contributed by atoms with Crippen LogP contribution >= 0.6 is 11.8 Å². The van der Waals surface area contributed by atoms with E-state index in [4.69, 9.17) is 5.11 Å². The molecule has 1 aromatic carbocycles. The fraction of sp³-hybridized carbons (Fsp3) is 0.455. The lowest BCUT2D eigenvalue weighted by Gasteiger charge is -2.13. The van der Waals surface area contributed by atoms with Crippen molar-refractivity contribution < 1.29 is 15.3 Å². The number of benzene rings is 1. The summed E-state index contributed by atoms with van der Waals surface area (Å²) in [6.45, 7) is 2.51. The molecule has 90 valence electrons. The molecule has 4 N–H and O–H groups in total. The van der Waals surface area contributed by atoms with Crippen LogP contribution in [-0.4, -0.2) is 33.4 Å². The quantitative estimate of drug-likeness (QED) is 0.592. The maximum Gasteiger partial charge on any atom is 0.200 e. The molecule has 0 spiro atoms. The zero-order chi connectivity index (χ0) is 12.1. The van der Waals surface area contributed by atoms with Crippen LogP contribution in [0, 0.1) is 0 Å². The molecule has 0 radical (unpaired) electrons. The monoisotopic (exact) mass is 243 g/mol. The number of hydrogen-bond donors (Lipinski definition) is 4. The summed E-state index contributed by atoms with van der Waals surface area (Å²) in [5.41, 5.74) is 0.572. The lowest BCUT2D eigenvalue weighted by Crippen LogP contribution is -2.27. The van der Waals surface area contributed by atoms with Gasteiger partial charge in [-0.25, -0.2) is 0 Å². The number of aromatic hydroxyl groups is 3. The van der Waals surface area contributed by atoms with Crippen LogP contribution in [0.15, 0.2) is 12.1 Å². The lowest BCUT2D eigenvalue weighted by molar-refractivity contribution is 0.363. The van der Waals surface area contributed by atoms with Crippen LogP contribution in [0.3, 0.4) is 0 Å². The molecule has 16 heavy (non-hydrogen) atoms. The van der Waals surface area contributed by atoms with Gasteiger partial charge in [0.05, 0.1) is 0 Å². The molecule has 0 saturated carbocycles. The van der Waals surface area contributed by atoms with Crippen molar-refractivity contribution in [1.29, 1.82) is 0 Å². The standard InChI is InChI=1S/C11H17NO3S/c1-7(6-16-2)12-5-8-3-4-9(13)11(15)10(8)14/h3-4,7,12-15H,5-6H2,1-2H3. The molecule has 4 nitrogen and oxygen atoms in total. The van der Waals surface area contributed by atoms with Crippen molar-refractivity contribution in [3.63, 3.8) is 0 Å². The number of phenols is 3. The van der Waals surface area contributed by atoms with Gasteiger partial charge < -0.3 is 20.6 Å². The number of nitrogens with one attached hydrogen (secondary N) is 1. The van der Waals surface area contributed by atoms with Gasteiger partial charge in [0.15, 0.2) is 11.5 Å². The van der Waals surface area contributed by atoms with E-state index >= 15 is 0 Å². The number of hydrogen-bond acceptors (Lipinski definition) is 5. The average molecular weight is 243 g/mol. The molecule has 1 unspecified atom stereocenters.